The van der Waals surface area contributed by atoms with Crippen LogP contribution in [0.2, 0.25) is 0 Å². The molecule has 0 saturated heterocycles. The summed E-state index contributed by atoms with van der Waals surface area (Å²) >= 11 is 0. The molecule has 0 aromatic carbocycles. The number of hydrogen-bond donors (Lipinski definition) is 2. The minimum atomic E-state index is -1.57. The van der Waals surface area contributed by atoms with E-state index in [1.807, 2.05) is 0 Å². The van der Waals surface area contributed by atoms with Gasteiger partial charge in [-0.2, -0.15) is 0 Å². The Bertz CT molecular complexity index is 135. The molecule has 0 amide bonds. The molecule has 2 unspecified atom stereocenters. The third kappa shape index (κ3) is 1.20. The van der Waals surface area contributed by atoms with Crippen LogP contribution in [0.25, 0.3) is 0 Å². The fourth-order valence-electron chi connectivity index (χ4n) is 1.26. The molecule has 0 aromatic heterocycles. The van der Waals surface area contributed by atoms with Crippen molar-refractivity contribution in [3.63, 3.8) is 0 Å². The summed E-state index contributed by atoms with van der Waals surface area (Å²) in [5.41, 5.74) is -1.57. The first kappa shape index (κ1) is 7.69. The van der Waals surface area contributed by atoms with E-state index < -0.39 is 11.7 Å². The second-order valence-electron chi connectivity index (χ2n) is 2.79. The molecule has 3 nitrogen and oxygen atoms in total. The van der Waals surface area contributed by atoms with Crippen LogP contribution in [0.3, 0.4) is 0 Å². The predicted octanol–water partition coefficient (Wildman–Crippen LogP) is -0.238. The molecule has 3 heteroatoms. The van der Waals surface area contributed by atoms with Gasteiger partial charge in [0.2, 0.25) is 6.29 Å². The zero-order valence-electron chi connectivity index (χ0n) is 5.71. The van der Waals surface area contributed by atoms with Gasteiger partial charge in [-0.25, -0.2) is 0 Å². The van der Waals surface area contributed by atoms with E-state index >= 15 is 0 Å². The molecular weight excluding hydrogens is 132 g/mol. The molecule has 57 valence electrons. The molecule has 0 aliphatic heterocycles. The third-order valence-electron chi connectivity index (χ3n) is 2.01. The van der Waals surface area contributed by atoms with Gasteiger partial charge in [0.1, 0.15) is 0 Å². The minimum absolute atomic E-state index is 0.345. The number of aliphatic hydroxyl groups is 2. The van der Waals surface area contributed by atoms with E-state index in [-0.39, 0.29) is 0 Å². The first-order valence-corrected chi connectivity index (χ1v) is 3.49. The molecule has 0 heterocycles. The Balaban J connectivity index is 2.62. The fourth-order valence-corrected chi connectivity index (χ4v) is 1.26. The standard InChI is InChI=1S/C7H11O3/c8-5-7(10)4-2-1-3-6(7)9/h6,9-10H,1-4H2. The Hall–Kier alpha value is -0.410. The molecule has 1 fully saturated rings. The second kappa shape index (κ2) is 2.68. The Kier molecular flexibility index (Phi) is 2.06. The van der Waals surface area contributed by atoms with E-state index in [2.05, 4.69) is 0 Å². The summed E-state index contributed by atoms with van der Waals surface area (Å²) in [6, 6.07) is 0. The van der Waals surface area contributed by atoms with Crippen molar-refractivity contribution in [2.45, 2.75) is 37.4 Å². The predicted molar refractivity (Wildman–Crippen MR) is 35.1 cm³/mol. The number of aliphatic hydroxyl groups excluding tert-OH is 1. The first-order valence-electron chi connectivity index (χ1n) is 3.49. The smallest absolute Gasteiger partial charge is 0.235 e. The molecule has 1 aliphatic carbocycles. The summed E-state index contributed by atoms with van der Waals surface area (Å²) in [7, 11) is 0. The van der Waals surface area contributed by atoms with Gasteiger partial charge >= 0.3 is 0 Å². The summed E-state index contributed by atoms with van der Waals surface area (Å²) in [6.07, 6.45) is 3.11. The van der Waals surface area contributed by atoms with Gasteiger partial charge in [-0.05, 0) is 19.3 Å². The van der Waals surface area contributed by atoms with Gasteiger partial charge in [-0.3, -0.25) is 4.79 Å². The van der Waals surface area contributed by atoms with Gasteiger partial charge in [0.25, 0.3) is 0 Å². The molecule has 2 atom stereocenters. The van der Waals surface area contributed by atoms with Gasteiger partial charge in [0.15, 0.2) is 5.60 Å². The molecule has 1 saturated carbocycles. The van der Waals surface area contributed by atoms with Crippen molar-refractivity contribution in [1.29, 1.82) is 0 Å². The van der Waals surface area contributed by atoms with Crippen molar-refractivity contribution in [3.8, 4) is 0 Å². The average Bonchev–Trinajstić information content (AvgIpc) is 1.96. The number of carbonyl (C=O) groups excluding carboxylic acids is 1. The molecular formula is C7H11O3. The minimum Gasteiger partial charge on any atom is -0.390 e. The van der Waals surface area contributed by atoms with Crippen molar-refractivity contribution >= 4 is 6.29 Å². The maximum Gasteiger partial charge on any atom is 0.235 e. The van der Waals surface area contributed by atoms with Gasteiger partial charge < -0.3 is 10.2 Å². The monoisotopic (exact) mass is 143 g/mol. The molecule has 10 heavy (non-hydrogen) atoms. The van der Waals surface area contributed by atoms with E-state index in [4.69, 9.17) is 5.11 Å². The molecule has 1 radical (unpaired) electrons. The lowest BCUT2D eigenvalue weighted by Crippen LogP contribution is -2.46. The molecule has 0 aromatic rings. The normalized spacial score (nSPS) is 41.2. The highest BCUT2D eigenvalue weighted by molar-refractivity contribution is 5.64. The lowest BCUT2D eigenvalue weighted by atomic mass is 9.83. The third-order valence-corrected chi connectivity index (χ3v) is 2.01. The van der Waals surface area contributed by atoms with Gasteiger partial charge in [-0.1, -0.05) is 6.42 Å². The fraction of sp³-hybridized carbons (Fsp3) is 0.857. The summed E-state index contributed by atoms with van der Waals surface area (Å²) < 4.78 is 0. The van der Waals surface area contributed by atoms with Crippen LogP contribution in [0.4, 0.5) is 0 Å². The topological polar surface area (TPSA) is 57.5 Å². The van der Waals surface area contributed by atoms with Crippen LogP contribution in [-0.2, 0) is 4.79 Å². The van der Waals surface area contributed by atoms with Crippen LogP contribution in [0.1, 0.15) is 25.7 Å². The molecule has 1 aliphatic rings. The van der Waals surface area contributed by atoms with E-state index in [1.165, 1.54) is 6.29 Å². The zero-order chi connectivity index (χ0) is 7.61. The molecule has 2 N–H and O–H groups in total. The first-order chi connectivity index (χ1) is 4.69. The van der Waals surface area contributed by atoms with Crippen LogP contribution >= 0.6 is 0 Å². The SMILES string of the molecule is O=[C]C1(O)CCCCC1O. The van der Waals surface area contributed by atoms with E-state index in [0.29, 0.717) is 12.8 Å². The second-order valence-corrected chi connectivity index (χ2v) is 2.79. The maximum atomic E-state index is 10.2. The summed E-state index contributed by atoms with van der Waals surface area (Å²) in [4.78, 5) is 10.2. The van der Waals surface area contributed by atoms with Gasteiger partial charge in [0.05, 0.1) is 6.10 Å². The Morgan fingerprint density at radius 2 is 2.20 bits per heavy atom. The quantitative estimate of drug-likeness (QED) is 0.532. The lowest BCUT2D eigenvalue weighted by Gasteiger charge is -2.30. The lowest BCUT2D eigenvalue weighted by molar-refractivity contribution is -0.0519. The van der Waals surface area contributed by atoms with Gasteiger partial charge in [-0.15, -0.1) is 0 Å². The molecule has 0 spiro atoms. The number of rotatable bonds is 1. The van der Waals surface area contributed by atoms with E-state index in [0.717, 1.165) is 12.8 Å². The Morgan fingerprint density at radius 3 is 2.60 bits per heavy atom. The van der Waals surface area contributed by atoms with Crippen LogP contribution in [-0.4, -0.2) is 28.2 Å². The van der Waals surface area contributed by atoms with Crippen molar-refractivity contribution in [1.82, 2.24) is 0 Å². The van der Waals surface area contributed by atoms with Gasteiger partial charge in [0, 0.05) is 0 Å². The highest BCUT2D eigenvalue weighted by Crippen LogP contribution is 2.26. The van der Waals surface area contributed by atoms with Crippen LogP contribution in [0, 0.1) is 0 Å². The van der Waals surface area contributed by atoms with Crippen molar-refractivity contribution < 1.29 is 15.0 Å². The van der Waals surface area contributed by atoms with Crippen molar-refractivity contribution in [3.05, 3.63) is 0 Å². The highest BCUT2D eigenvalue weighted by Gasteiger charge is 2.38. The summed E-state index contributed by atoms with van der Waals surface area (Å²) in [6.45, 7) is 0. The molecule has 1 rings (SSSR count). The van der Waals surface area contributed by atoms with E-state index in [1.54, 1.807) is 0 Å². The Morgan fingerprint density at radius 1 is 1.50 bits per heavy atom. The van der Waals surface area contributed by atoms with E-state index in [9.17, 15) is 9.90 Å². The van der Waals surface area contributed by atoms with Crippen LogP contribution in [0.15, 0.2) is 0 Å². The summed E-state index contributed by atoms with van der Waals surface area (Å²) in [5.74, 6) is 0. The zero-order valence-corrected chi connectivity index (χ0v) is 5.71. The van der Waals surface area contributed by atoms with Crippen molar-refractivity contribution in [2.75, 3.05) is 0 Å². The average molecular weight is 143 g/mol. The Labute approximate surface area is 59.7 Å². The molecule has 0 bridgehead atoms. The van der Waals surface area contributed by atoms with Crippen LogP contribution in [0.5, 0.6) is 0 Å². The summed E-state index contributed by atoms with van der Waals surface area (Å²) in [5, 5.41) is 18.4. The largest absolute Gasteiger partial charge is 0.390 e. The number of hydrogen-bond acceptors (Lipinski definition) is 3. The maximum absolute atomic E-state index is 10.2. The van der Waals surface area contributed by atoms with Crippen LogP contribution < -0.4 is 0 Å². The highest BCUT2D eigenvalue weighted by atomic mass is 16.3. The van der Waals surface area contributed by atoms with Crippen molar-refractivity contribution in [2.24, 2.45) is 0 Å².